The van der Waals surface area contributed by atoms with Crippen LogP contribution in [0.5, 0.6) is 0 Å². The molecule has 3 N–H and O–H groups in total. The Hall–Kier alpha value is -0.610. The summed E-state index contributed by atoms with van der Waals surface area (Å²) in [6.45, 7) is 0.539. The number of hydrogen-bond donors (Lipinski definition) is 2. The van der Waals surface area contributed by atoms with Crippen molar-refractivity contribution in [2.24, 2.45) is 11.7 Å². The Morgan fingerprint density at radius 1 is 1.11 bits per heavy atom. The second-order valence-electron chi connectivity index (χ2n) is 5.75. The van der Waals surface area contributed by atoms with E-state index in [1.54, 1.807) is 0 Å². The van der Waals surface area contributed by atoms with Gasteiger partial charge in [0, 0.05) is 18.6 Å². The molecule has 2 aliphatic carbocycles. The summed E-state index contributed by atoms with van der Waals surface area (Å²) in [6, 6.07) is 0.376. The lowest BCUT2D eigenvalue weighted by Crippen LogP contribution is -2.51. The number of carbonyl (C=O) groups excluding carboxylic acids is 1. The first-order valence-corrected chi connectivity index (χ1v) is 7.41. The third kappa shape index (κ3) is 3.04. The van der Waals surface area contributed by atoms with E-state index in [1.807, 2.05) is 4.90 Å². The number of aliphatic hydroxyl groups excluding tert-OH is 1. The lowest BCUT2D eigenvalue weighted by atomic mass is 9.88. The molecule has 0 bridgehead atoms. The minimum absolute atomic E-state index is 0.0142. The highest BCUT2D eigenvalue weighted by atomic mass is 16.3. The van der Waals surface area contributed by atoms with Crippen molar-refractivity contribution in [2.45, 2.75) is 63.5 Å². The van der Waals surface area contributed by atoms with E-state index < -0.39 is 0 Å². The third-order valence-electron chi connectivity index (χ3n) is 4.53. The molecule has 104 valence electrons. The summed E-state index contributed by atoms with van der Waals surface area (Å²) in [6.07, 6.45) is 8.73. The highest BCUT2D eigenvalue weighted by Crippen LogP contribution is 2.29. The van der Waals surface area contributed by atoms with Crippen molar-refractivity contribution >= 4 is 5.91 Å². The number of nitrogens with zero attached hydrogens (tertiary/aromatic N) is 1. The molecular weight excluding hydrogens is 228 g/mol. The molecule has 2 atom stereocenters. The van der Waals surface area contributed by atoms with Gasteiger partial charge in [0.15, 0.2) is 0 Å². The number of aliphatic hydroxyl groups is 1. The Balaban J connectivity index is 2.00. The predicted molar refractivity (Wildman–Crippen MR) is 71.0 cm³/mol. The molecule has 2 unspecified atom stereocenters. The van der Waals surface area contributed by atoms with Gasteiger partial charge in [0.2, 0.25) is 5.91 Å². The summed E-state index contributed by atoms with van der Waals surface area (Å²) >= 11 is 0. The molecule has 0 aromatic heterocycles. The number of amides is 1. The Morgan fingerprint density at radius 3 is 2.44 bits per heavy atom. The van der Waals surface area contributed by atoms with Crippen LogP contribution in [0.1, 0.15) is 51.4 Å². The molecule has 0 aromatic rings. The Morgan fingerprint density at radius 2 is 1.83 bits per heavy atom. The molecule has 2 aliphatic rings. The third-order valence-corrected chi connectivity index (χ3v) is 4.53. The maximum Gasteiger partial charge on any atom is 0.227 e. The Bertz CT molecular complexity index is 275. The van der Waals surface area contributed by atoms with Crippen LogP contribution < -0.4 is 5.73 Å². The maximum absolute atomic E-state index is 12.6. The zero-order valence-electron chi connectivity index (χ0n) is 11.2. The minimum Gasteiger partial charge on any atom is -0.395 e. The van der Waals surface area contributed by atoms with Gasteiger partial charge in [-0.05, 0) is 32.1 Å². The second-order valence-corrected chi connectivity index (χ2v) is 5.75. The lowest BCUT2D eigenvalue weighted by Gasteiger charge is -2.40. The zero-order chi connectivity index (χ0) is 13.0. The molecule has 4 nitrogen and oxygen atoms in total. The second kappa shape index (κ2) is 6.53. The van der Waals surface area contributed by atoms with Gasteiger partial charge in [0.05, 0.1) is 12.5 Å². The fourth-order valence-corrected chi connectivity index (χ4v) is 3.13. The van der Waals surface area contributed by atoms with Crippen LogP contribution >= 0.6 is 0 Å². The van der Waals surface area contributed by atoms with E-state index in [-0.39, 0.29) is 24.5 Å². The Labute approximate surface area is 110 Å². The van der Waals surface area contributed by atoms with E-state index in [4.69, 9.17) is 10.8 Å². The van der Waals surface area contributed by atoms with Crippen LogP contribution in [0, 0.1) is 5.92 Å². The van der Waals surface area contributed by atoms with Gasteiger partial charge in [-0.25, -0.2) is 0 Å². The average molecular weight is 254 g/mol. The van der Waals surface area contributed by atoms with E-state index in [0.717, 1.165) is 38.5 Å². The van der Waals surface area contributed by atoms with Crippen molar-refractivity contribution in [3.05, 3.63) is 0 Å². The molecule has 0 aromatic carbocycles. The fourth-order valence-electron chi connectivity index (χ4n) is 3.13. The summed E-state index contributed by atoms with van der Waals surface area (Å²) in [7, 11) is 0. The molecular formula is C14H26N2O2. The first-order valence-electron chi connectivity index (χ1n) is 7.41. The van der Waals surface area contributed by atoms with Crippen LogP contribution in [0.2, 0.25) is 0 Å². The molecule has 2 saturated carbocycles. The van der Waals surface area contributed by atoms with Gasteiger partial charge in [0.25, 0.3) is 0 Å². The van der Waals surface area contributed by atoms with Crippen molar-refractivity contribution < 1.29 is 9.90 Å². The van der Waals surface area contributed by atoms with Crippen LogP contribution in [0.4, 0.5) is 0 Å². The van der Waals surface area contributed by atoms with E-state index >= 15 is 0 Å². The fraction of sp³-hybridized carbons (Fsp3) is 0.929. The van der Waals surface area contributed by atoms with Gasteiger partial charge in [-0.2, -0.15) is 0 Å². The van der Waals surface area contributed by atoms with Crippen molar-refractivity contribution in [1.82, 2.24) is 4.90 Å². The first kappa shape index (κ1) is 13.8. The number of rotatable bonds is 4. The summed E-state index contributed by atoms with van der Waals surface area (Å²) in [5.74, 6) is 0.183. The highest BCUT2D eigenvalue weighted by molar-refractivity contribution is 5.80. The normalized spacial score (nSPS) is 29.4. The smallest absolute Gasteiger partial charge is 0.227 e. The van der Waals surface area contributed by atoms with Crippen LogP contribution in [-0.4, -0.2) is 41.1 Å². The van der Waals surface area contributed by atoms with E-state index in [1.165, 1.54) is 12.8 Å². The van der Waals surface area contributed by atoms with Crippen LogP contribution in [0.25, 0.3) is 0 Å². The largest absolute Gasteiger partial charge is 0.395 e. The Kier molecular flexibility index (Phi) is 5.01. The average Bonchev–Trinajstić information content (AvgIpc) is 2.50. The monoisotopic (exact) mass is 254 g/mol. The van der Waals surface area contributed by atoms with Crippen LogP contribution in [0.3, 0.4) is 0 Å². The molecule has 2 rings (SSSR count). The van der Waals surface area contributed by atoms with Crippen molar-refractivity contribution in [2.75, 3.05) is 13.2 Å². The molecule has 2 fully saturated rings. The number of nitrogens with two attached hydrogens (primary N) is 1. The molecule has 0 radical (unpaired) electrons. The minimum atomic E-state index is -0.0142. The van der Waals surface area contributed by atoms with Gasteiger partial charge < -0.3 is 15.7 Å². The zero-order valence-corrected chi connectivity index (χ0v) is 11.2. The lowest BCUT2D eigenvalue weighted by molar-refractivity contribution is -0.141. The molecule has 0 spiro atoms. The number of carbonyl (C=O) groups is 1. The molecule has 0 heterocycles. The summed E-state index contributed by atoms with van der Waals surface area (Å²) in [5, 5.41) is 9.15. The van der Waals surface area contributed by atoms with E-state index in [0.29, 0.717) is 12.6 Å². The molecule has 0 aliphatic heterocycles. The quantitative estimate of drug-likeness (QED) is 0.742. The summed E-state index contributed by atoms with van der Waals surface area (Å²) in [5.41, 5.74) is 6.16. The SMILES string of the molecule is NC1CCCCCC1C(=O)N(CCO)C1CCC1. The van der Waals surface area contributed by atoms with E-state index in [9.17, 15) is 4.79 Å². The van der Waals surface area contributed by atoms with Crippen molar-refractivity contribution in [3.63, 3.8) is 0 Å². The first-order chi connectivity index (χ1) is 8.74. The topological polar surface area (TPSA) is 66.6 Å². The molecule has 0 saturated heterocycles. The molecule has 1 amide bonds. The molecule has 18 heavy (non-hydrogen) atoms. The van der Waals surface area contributed by atoms with Gasteiger partial charge in [-0.15, -0.1) is 0 Å². The number of hydrogen-bond acceptors (Lipinski definition) is 3. The maximum atomic E-state index is 12.6. The summed E-state index contributed by atoms with van der Waals surface area (Å²) < 4.78 is 0. The van der Waals surface area contributed by atoms with Crippen molar-refractivity contribution in [3.8, 4) is 0 Å². The van der Waals surface area contributed by atoms with Crippen molar-refractivity contribution in [1.29, 1.82) is 0 Å². The predicted octanol–water partition coefficient (Wildman–Crippen LogP) is 1.27. The van der Waals surface area contributed by atoms with Crippen LogP contribution in [-0.2, 0) is 4.79 Å². The van der Waals surface area contributed by atoms with Gasteiger partial charge in [0.1, 0.15) is 0 Å². The van der Waals surface area contributed by atoms with E-state index in [2.05, 4.69) is 0 Å². The van der Waals surface area contributed by atoms with Gasteiger partial charge >= 0.3 is 0 Å². The van der Waals surface area contributed by atoms with Gasteiger partial charge in [-0.3, -0.25) is 4.79 Å². The standard InChI is InChI=1S/C14H26N2O2/c15-13-8-3-1-2-7-12(13)14(18)16(9-10-17)11-5-4-6-11/h11-13,17H,1-10,15H2. The summed E-state index contributed by atoms with van der Waals surface area (Å²) in [4.78, 5) is 14.5. The highest BCUT2D eigenvalue weighted by Gasteiger charge is 2.35. The molecule has 4 heteroatoms. The van der Waals surface area contributed by atoms with Gasteiger partial charge in [-0.1, -0.05) is 19.3 Å². The van der Waals surface area contributed by atoms with Crippen LogP contribution in [0.15, 0.2) is 0 Å².